The van der Waals surface area contributed by atoms with Gasteiger partial charge in [0.05, 0.1) is 5.92 Å². The quantitative estimate of drug-likeness (QED) is 0.736. The van der Waals surface area contributed by atoms with Gasteiger partial charge in [-0.05, 0) is 19.8 Å². The van der Waals surface area contributed by atoms with Gasteiger partial charge < -0.3 is 10.0 Å². The molecule has 0 saturated carbocycles. The van der Waals surface area contributed by atoms with E-state index >= 15 is 0 Å². The standard InChI is InChI=1S/C11H17N3O3/c1-2-14-9(15)7-12-11(14)13-5-3-8(4-6-13)10(16)17/h8H,2-7H2,1H3,(H,16,17). The fourth-order valence-electron chi connectivity index (χ4n) is 2.34. The molecule has 1 N–H and O–H groups in total. The molecule has 0 bridgehead atoms. The maximum Gasteiger partial charge on any atom is 0.306 e. The minimum atomic E-state index is -0.721. The average molecular weight is 239 g/mol. The Morgan fingerprint density at radius 1 is 1.47 bits per heavy atom. The van der Waals surface area contributed by atoms with E-state index in [1.807, 2.05) is 11.8 Å². The zero-order valence-corrected chi connectivity index (χ0v) is 9.93. The van der Waals surface area contributed by atoms with Gasteiger partial charge >= 0.3 is 5.97 Å². The molecule has 0 aromatic heterocycles. The van der Waals surface area contributed by atoms with Crippen molar-refractivity contribution in [3.05, 3.63) is 0 Å². The van der Waals surface area contributed by atoms with Crippen molar-refractivity contribution in [1.82, 2.24) is 9.80 Å². The maximum atomic E-state index is 11.5. The average Bonchev–Trinajstić information content (AvgIpc) is 2.70. The summed E-state index contributed by atoms with van der Waals surface area (Å²) in [4.78, 5) is 30.3. The molecule has 2 heterocycles. The number of carbonyl (C=O) groups excluding carboxylic acids is 1. The van der Waals surface area contributed by atoms with E-state index < -0.39 is 5.97 Å². The van der Waals surface area contributed by atoms with Crippen LogP contribution in [0.15, 0.2) is 4.99 Å². The smallest absolute Gasteiger partial charge is 0.306 e. The Labute approximate surface area is 99.9 Å². The lowest BCUT2D eigenvalue weighted by molar-refractivity contribution is -0.143. The van der Waals surface area contributed by atoms with Crippen molar-refractivity contribution in [2.75, 3.05) is 26.2 Å². The summed E-state index contributed by atoms with van der Waals surface area (Å²) in [6.07, 6.45) is 1.25. The molecule has 1 amide bonds. The molecule has 2 aliphatic heterocycles. The zero-order chi connectivity index (χ0) is 12.4. The highest BCUT2D eigenvalue weighted by Gasteiger charge is 2.32. The van der Waals surface area contributed by atoms with Gasteiger partial charge in [0.2, 0.25) is 5.96 Å². The first-order valence-corrected chi connectivity index (χ1v) is 5.96. The SMILES string of the molecule is CCN1C(=O)CN=C1N1CCC(C(=O)O)CC1. The van der Waals surface area contributed by atoms with Crippen LogP contribution in [-0.2, 0) is 9.59 Å². The van der Waals surface area contributed by atoms with E-state index in [0.29, 0.717) is 32.5 Å². The minimum absolute atomic E-state index is 0.0304. The van der Waals surface area contributed by atoms with Crippen molar-refractivity contribution < 1.29 is 14.7 Å². The largest absolute Gasteiger partial charge is 0.481 e. The monoisotopic (exact) mass is 239 g/mol. The number of rotatable bonds is 2. The number of likely N-dealkylation sites (N-methyl/N-ethyl adjacent to an activating group) is 1. The van der Waals surface area contributed by atoms with E-state index in [1.54, 1.807) is 4.90 Å². The highest BCUT2D eigenvalue weighted by molar-refractivity contribution is 6.02. The summed E-state index contributed by atoms with van der Waals surface area (Å²) < 4.78 is 0. The van der Waals surface area contributed by atoms with Gasteiger partial charge in [0.25, 0.3) is 5.91 Å². The Bertz CT molecular complexity index is 359. The summed E-state index contributed by atoms with van der Waals surface area (Å²) in [5.74, 6) is -0.218. The van der Waals surface area contributed by atoms with E-state index in [2.05, 4.69) is 4.99 Å². The summed E-state index contributed by atoms with van der Waals surface area (Å²) in [5.41, 5.74) is 0. The van der Waals surface area contributed by atoms with Crippen molar-refractivity contribution in [3.8, 4) is 0 Å². The lowest BCUT2D eigenvalue weighted by Crippen LogP contribution is -2.47. The number of aliphatic imine (C=N–C) groups is 1. The van der Waals surface area contributed by atoms with Gasteiger partial charge in [-0.15, -0.1) is 0 Å². The normalized spacial score (nSPS) is 21.9. The number of aliphatic carboxylic acids is 1. The number of hydrogen-bond acceptors (Lipinski definition) is 4. The molecule has 0 unspecified atom stereocenters. The molecule has 0 aromatic rings. The van der Waals surface area contributed by atoms with Crippen LogP contribution in [0.2, 0.25) is 0 Å². The fraction of sp³-hybridized carbons (Fsp3) is 0.727. The number of carbonyl (C=O) groups is 2. The van der Waals surface area contributed by atoms with Crippen LogP contribution in [0.3, 0.4) is 0 Å². The van der Waals surface area contributed by atoms with Crippen LogP contribution in [0, 0.1) is 5.92 Å². The molecule has 0 atom stereocenters. The maximum absolute atomic E-state index is 11.5. The highest BCUT2D eigenvalue weighted by atomic mass is 16.4. The van der Waals surface area contributed by atoms with Gasteiger partial charge in [-0.3, -0.25) is 14.5 Å². The number of amides is 1. The second kappa shape index (κ2) is 4.73. The third-order valence-electron chi connectivity index (χ3n) is 3.34. The molecule has 6 nitrogen and oxygen atoms in total. The zero-order valence-electron chi connectivity index (χ0n) is 9.93. The molecule has 0 aromatic carbocycles. The summed E-state index contributed by atoms with van der Waals surface area (Å²) in [6.45, 7) is 4.10. The van der Waals surface area contributed by atoms with E-state index in [9.17, 15) is 9.59 Å². The summed E-state index contributed by atoms with van der Waals surface area (Å²) >= 11 is 0. The van der Waals surface area contributed by atoms with Crippen LogP contribution < -0.4 is 0 Å². The van der Waals surface area contributed by atoms with Crippen molar-refractivity contribution in [2.24, 2.45) is 10.9 Å². The summed E-state index contributed by atoms with van der Waals surface area (Å²) in [6, 6.07) is 0. The third-order valence-corrected chi connectivity index (χ3v) is 3.34. The van der Waals surface area contributed by atoms with Gasteiger partial charge in [-0.1, -0.05) is 0 Å². The molecule has 17 heavy (non-hydrogen) atoms. The number of carboxylic acid groups (broad SMARTS) is 1. The molecule has 94 valence electrons. The Hall–Kier alpha value is -1.59. The van der Waals surface area contributed by atoms with Crippen molar-refractivity contribution in [3.63, 3.8) is 0 Å². The number of carboxylic acids is 1. The summed E-state index contributed by atoms with van der Waals surface area (Å²) in [5, 5.41) is 8.92. The first-order valence-electron chi connectivity index (χ1n) is 5.96. The predicted molar refractivity (Wildman–Crippen MR) is 61.6 cm³/mol. The second-order valence-electron chi connectivity index (χ2n) is 4.35. The summed E-state index contributed by atoms with van der Waals surface area (Å²) in [7, 11) is 0. The van der Waals surface area contributed by atoms with Gasteiger partial charge in [0, 0.05) is 19.6 Å². The molecule has 1 saturated heterocycles. The fourth-order valence-corrected chi connectivity index (χ4v) is 2.34. The number of nitrogens with zero attached hydrogens (tertiary/aromatic N) is 3. The number of hydrogen-bond donors (Lipinski definition) is 1. The Kier molecular flexibility index (Phi) is 3.31. The number of piperidine rings is 1. The van der Waals surface area contributed by atoms with E-state index in [0.717, 1.165) is 5.96 Å². The van der Waals surface area contributed by atoms with Crippen molar-refractivity contribution >= 4 is 17.8 Å². The van der Waals surface area contributed by atoms with Gasteiger partial charge in [-0.2, -0.15) is 0 Å². The topological polar surface area (TPSA) is 73.2 Å². The van der Waals surface area contributed by atoms with Crippen LogP contribution in [0.1, 0.15) is 19.8 Å². The molecule has 6 heteroatoms. The van der Waals surface area contributed by atoms with E-state index in [4.69, 9.17) is 5.11 Å². The molecule has 1 fully saturated rings. The van der Waals surface area contributed by atoms with Gasteiger partial charge in [-0.25, -0.2) is 4.99 Å². The molecule has 0 radical (unpaired) electrons. The van der Waals surface area contributed by atoms with E-state index in [-0.39, 0.29) is 18.4 Å². The second-order valence-corrected chi connectivity index (χ2v) is 4.35. The van der Waals surface area contributed by atoms with Crippen LogP contribution >= 0.6 is 0 Å². The molecular weight excluding hydrogens is 222 g/mol. The Balaban J connectivity index is 1.97. The lowest BCUT2D eigenvalue weighted by Gasteiger charge is -2.34. The molecule has 0 spiro atoms. The molecule has 2 aliphatic rings. The van der Waals surface area contributed by atoms with E-state index in [1.165, 1.54) is 0 Å². The number of guanidine groups is 1. The Morgan fingerprint density at radius 3 is 2.65 bits per heavy atom. The van der Waals surface area contributed by atoms with Crippen LogP contribution in [0.4, 0.5) is 0 Å². The first-order chi connectivity index (χ1) is 8.13. The third kappa shape index (κ3) is 2.25. The van der Waals surface area contributed by atoms with Gasteiger partial charge in [0.1, 0.15) is 6.54 Å². The van der Waals surface area contributed by atoms with Crippen LogP contribution in [0.25, 0.3) is 0 Å². The van der Waals surface area contributed by atoms with Crippen LogP contribution in [-0.4, -0.2) is 58.9 Å². The highest BCUT2D eigenvalue weighted by Crippen LogP contribution is 2.20. The Morgan fingerprint density at radius 2 is 2.12 bits per heavy atom. The van der Waals surface area contributed by atoms with Crippen LogP contribution in [0.5, 0.6) is 0 Å². The van der Waals surface area contributed by atoms with Crippen molar-refractivity contribution in [1.29, 1.82) is 0 Å². The molecule has 0 aliphatic carbocycles. The van der Waals surface area contributed by atoms with Crippen molar-refractivity contribution in [2.45, 2.75) is 19.8 Å². The molecular formula is C11H17N3O3. The minimum Gasteiger partial charge on any atom is -0.481 e. The van der Waals surface area contributed by atoms with Gasteiger partial charge in [0.15, 0.2) is 0 Å². The first kappa shape index (κ1) is 11.9. The molecule has 2 rings (SSSR count). The predicted octanol–water partition coefficient (Wildman–Crippen LogP) is 0.00110. The number of likely N-dealkylation sites (tertiary alicyclic amines) is 1. The lowest BCUT2D eigenvalue weighted by atomic mass is 9.97.